The highest BCUT2D eigenvalue weighted by atomic mass is 15.0. The first kappa shape index (κ1) is 29.6. The summed E-state index contributed by atoms with van der Waals surface area (Å²) in [5.41, 5.74) is 18.1. The Bertz CT molecular complexity index is 2930. The number of nitrogens with zero attached hydrogens (tertiary/aromatic N) is 3. The molecule has 0 fully saturated rings. The molecule has 4 aromatic heterocycles. The van der Waals surface area contributed by atoms with Crippen LogP contribution in [0.2, 0.25) is 0 Å². The van der Waals surface area contributed by atoms with Crippen LogP contribution < -0.4 is 9.13 Å². The fraction of sp³-hybridized carbons (Fsp3) is 0.143. The first-order chi connectivity index (χ1) is 25.5. The van der Waals surface area contributed by atoms with Crippen molar-refractivity contribution in [3.63, 3.8) is 0 Å². The summed E-state index contributed by atoms with van der Waals surface area (Å²) in [6.45, 7) is 9.25. The van der Waals surface area contributed by atoms with Crippen molar-refractivity contribution in [2.45, 2.75) is 45.1 Å². The lowest BCUT2D eigenvalue weighted by Crippen LogP contribution is -2.49. The molecule has 9 aromatic rings. The van der Waals surface area contributed by atoms with Crippen LogP contribution in [0.25, 0.3) is 77.4 Å². The highest BCUT2D eigenvalue weighted by Gasteiger charge is 2.42. The molecular formula is C49H39N3+2. The summed E-state index contributed by atoms with van der Waals surface area (Å²) in [6, 6.07) is 48.2. The molecule has 2 aliphatic heterocycles. The third kappa shape index (κ3) is 4.20. The van der Waals surface area contributed by atoms with E-state index < -0.39 is 0 Å². The predicted octanol–water partition coefficient (Wildman–Crippen LogP) is 11.2. The third-order valence-corrected chi connectivity index (χ3v) is 12.1. The van der Waals surface area contributed by atoms with E-state index in [2.05, 4.69) is 167 Å². The van der Waals surface area contributed by atoms with E-state index in [9.17, 15) is 0 Å². The number of rotatable bonds is 1. The molecule has 3 heteroatoms. The number of pyridine rings is 2. The van der Waals surface area contributed by atoms with Crippen molar-refractivity contribution in [3.8, 4) is 33.6 Å². The zero-order chi connectivity index (χ0) is 34.7. The highest BCUT2D eigenvalue weighted by molar-refractivity contribution is 6.24. The van der Waals surface area contributed by atoms with Crippen molar-refractivity contribution in [2.75, 3.05) is 0 Å². The molecule has 6 heterocycles. The summed E-state index contributed by atoms with van der Waals surface area (Å²) in [7, 11) is 0. The Morgan fingerprint density at radius 3 is 2.21 bits per heavy atom. The Balaban J connectivity index is 1.20. The first-order valence-corrected chi connectivity index (χ1v) is 18.6. The zero-order valence-electron chi connectivity index (χ0n) is 29.6. The molecule has 2 unspecified atom stereocenters. The highest BCUT2D eigenvalue weighted by Crippen LogP contribution is 2.47. The fourth-order valence-corrected chi connectivity index (χ4v) is 9.74. The van der Waals surface area contributed by atoms with Crippen molar-refractivity contribution in [1.29, 1.82) is 0 Å². The van der Waals surface area contributed by atoms with Crippen LogP contribution in [0.3, 0.4) is 0 Å². The summed E-state index contributed by atoms with van der Waals surface area (Å²) in [5.74, 6) is 0.352. The molecule has 0 aliphatic carbocycles. The molecule has 0 bridgehead atoms. The van der Waals surface area contributed by atoms with Gasteiger partial charge in [0.2, 0.25) is 11.4 Å². The molecular weight excluding hydrogens is 631 g/mol. The van der Waals surface area contributed by atoms with E-state index in [0.717, 1.165) is 25.0 Å². The normalized spacial score (nSPS) is 16.8. The SMILES string of the molecule is C=C1CC2C(CCc3cc4c(cc3-c3ccc(C)c[n+]31)c1cc(-c3ccccc3)cc3c5ccccc5n4c31)c1ccccc1-c1ccc(C)c[n+]12. The van der Waals surface area contributed by atoms with Crippen molar-refractivity contribution in [2.24, 2.45) is 0 Å². The van der Waals surface area contributed by atoms with Crippen LogP contribution in [-0.4, -0.2) is 4.40 Å². The molecule has 2 aliphatic rings. The van der Waals surface area contributed by atoms with Crippen LogP contribution >= 0.6 is 0 Å². The number of hydrogen-bond acceptors (Lipinski definition) is 0. The number of fused-ring (bicyclic) bond motifs is 15. The maximum Gasteiger partial charge on any atom is 0.218 e. The van der Waals surface area contributed by atoms with Gasteiger partial charge in [-0.15, -0.1) is 0 Å². The van der Waals surface area contributed by atoms with Crippen LogP contribution in [-0.2, 0) is 6.42 Å². The van der Waals surface area contributed by atoms with Gasteiger partial charge in [-0.2, -0.15) is 9.13 Å². The second-order valence-electron chi connectivity index (χ2n) is 15.2. The summed E-state index contributed by atoms with van der Waals surface area (Å²) >= 11 is 0. The summed E-state index contributed by atoms with van der Waals surface area (Å²) in [4.78, 5) is 0. The summed E-state index contributed by atoms with van der Waals surface area (Å²) < 4.78 is 7.51. The van der Waals surface area contributed by atoms with Crippen LogP contribution in [0.15, 0.2) is 146 Å². The summed E-state index contributed by atoms with van der Waals surface area (Å²) in [6.07, 6.45) is 7.58. The van der Waals surface area contributed by atoms with E-state index in [-0.39, 0.29) is 6.04 Å². The molecule has 3 nitrogen and oxygen atoms in total. The molecule has 248 valence electrons. The maximum absolute atomic E-state index is 4.84. The van der Waals surface area contributed by atoms with Crippen LogP contribution in [0.1, 0.15) is 47.1 Å². The molecule has 0 radical (unpaired) electrons. The summed E-state index contributed by atoms with van der Waals surface area (Å²) in [5, 5.41) is 5.24. The largest absolute Gasteiger partial charge is 0.308 e. The Labute approximate surface area is 303 Å². The Hall–Kier alpha value is -6.06. The van der Waals surface area contributed by atoms with Crippen molar-refractivity contribution < 1.29 is 9.13 Å². The van der Waals surface area contributed by atoms with Gasteiger partial charge >= 0.3 is 0 Å². The molecule has 0 N–H and O–H groups in total. The van der Waals surface area contributed by atoms with E-state index in [1.54, 1.807) is 0 Å². The van der Waals surface area contributed by atoms with Gasteiger partial charge in [0.05, 0.1) is 28.5 Å². The van der Waals surface area contributed by atoms with Crippen LogP contribution in [0.4, 0.5) is 0 Å². The van der Waals surface area contributed by atoms with Gasteiger partial charge in [-0.05, 0) is 104 Å². The average molecular weight is 670 g/mol. The van der Waals surface area contributed by atoms with E-state index in [4.69, 9.17) is 6.58 Å². The maximum atomic E-state index is 4.84. The van der Waals surface area contributed by atoms with Gasteiger partial charge in [-0.25, -0.2) is 0 Å². The minimum absolute atomic E-state index is 0.266. The van der Waals surface area contributed by atoms with Gasteiger partial charge in [0.1, 0.15) is 0 Å². The minimum atomic E-state index is 0.266. The average Bonchev–Trinajstić information content (AvgIpc) is 3.68. The first-order valence-electron chi connectivity index (χ1n) is 18.6. The molecule has 5 aromatic carbocycles. The second kappa shape index (κ2) is 11.0. The molecule has 0 spiro atoms. The van der Waals surface area contributed by atoms with E-state index in [1.807, 2.05) is 0 Å². The zero-order valence-corrected chi connectivity index (χ0v) is 29.6. The smallest absolute Gasteiger partial charge is 0.218 e. The van der Waals surface area contributed by atoms with Crippen molar-refractivity contribution >= 4 is 43.8 Å². The molecule has 52 heavy (non-hydrogen) atoms. The van der Waals surface area contributed by atoms with E-state index in [1.165, 1.54) is 94.0 Å². The van der Waals surface area contributed by atoms with Gasteiger partial charge in [-0.3, -0.25) is 0 Å². The lowest BCUT2D eigenvalue weighted by molar-refractivity contribution is -0.720. The lowest BCUT2D eigenvalue weighted by Gasteiger charge is -2.31. The standard InChI is InChI=1S/C49H39N3/c1-30-18-22-45-40-27-41-43-25-35(33-11-5-4-6-12-33)24-42-38-15-9-10-16-46(38)52(49(42)43)48(41)26-34(40)19-20-39-36-13-7-8-14-37(36)44-21-17-31(2)29-51(44)47(39)23-32(3)50(45)28-30/h4-18,21-22,24-29,39,47H,3,19-20,23H2,1-2H3/q+2. The topological polar surface area (TPSA) is 12.2 Å². The van der Waals surface area contributed by atoms with E-state index >= 15 is 0 Å². The van der Waals surface area contributed by atoms with Crippen LogP contribution in [0.5, 0.6) is 0 Å². The van der Waals surface area contributed by atoms with Crippen molar-refractivity contribution in [1.82, 2.24) is 4.40 Å². The third-order valence-electron chi connectivity index (χ3n) is 12.1. The number of hydrogen-bond donors (Lipinski definition) is 0. The monoisotopic (exact) mass is 669 g/mol. The molecule has 0 saturated heterocycles. The lowest BCUT2D eigenvalue weighted by atomic mass is 9.77. The predicted molar refractivity (Wildman–Crippen MR) is 214 cm³/mol. The fourth-order valence-electron chi connectivity index (χ4n) is 9.74. The minimum Gasteiger partial charge on any atom is -0.308 e. The molecule has 0 amide bonds. The van der Waals surface area contributed by atoms with Gasteiger partial charge in [0.15, 0.2) is 24.1 Å². The molecule has 11 rings (SSSR count). The number of aryl methyl sites for hydroxylation is 3. The number of para-hydroxylation sites is 1. The Kier molecular flexibility index (Phi) is 6.25. The second-order valence-corrected chi connectivity index (χ2v) is 15.2. The van der Waals surface area contributed by atoms with E-state index in [0.29, 0.717) is 5.92 Å². The molecule has 2 atom stereocenters. The van der Waals surface area contributed by atoms with Gasteiger partial charge in [0.25, 0.3) is 0 Å². The molecule has 0 saturated carbocycles. The number of benzene rings is 5. The Morgan fingerprint density at radius 2 is 1.35 bits per heavy atom. The number of allylic oxidation sites excluding steroid dienone is 1. The van der Waals surface area contributed by atoms with Gasteiger partial charge < -0.3 is 4.40 Å². The Morgan fingerprint density at radius 1 is 0.615 bits per heavy atom. The van der Waals surface area contributed by atoms with Crippen molar-refractivity contribution in [3.05, 3.63) is 169 Å². The van der Waals surface area contributed by atoms with Crippen LogP contribution in [0, 0.1) is 13.8 Å². The van der Waals surface area contributed by atoms with Gasteiger partial charge in [0, 0.05) is 56.3 Å². The number of aromatic nitrogens is 3. The van der Waals surface area contributed by atoms with Gasteiger partial charge in [-0.1, -0.05) is 66.7 Å². The quantitative estimate of drug-likeness (QED) is 0.154.